The zero-order chi connectivity index (χ0) is 13.1. The molecule has 0 radical (unpaired) electrons. The number of carbonyl (C=O) groups is 1. The van der Waals surface area contributed by atoms with E-state index >= 15 is 0 Å². The van der Waals surface area contributed by atoms with Gasteiger partial charge in [0.15, 0.2) is 17.7 Å². The fourth-order valence-electron chi connectivity index (χ4n) is 1.79. The molecular formula is C12H12ClFO4. The Balaban J connectivity index is 1.89. The van der Waals surface area contributed by atoms with Gasteiger partial charge >= 0.3 is 5.97 Å². The van der Waals surface area contributed by atoms with E-state index in [0.29, 0.717) is 12.8 Å². The van der Waals surface area contributed by atoms with Crippen LogP contribution < -0.4 is 4.74 Å². The Labute approximate surface area is 108 Å². The van der Waals surface area contributed by atoms with Gasteiger partial charge < -0.3 is 14.6 Å². The molecule has 1 aliphatic rings. The molecule has 1 saturated heterocycles. The maximum absolute atomic E-state index is 13.5. The molecule has 0 saturated carbocycles. The van der Waals surface area contributed by atoms with Crippen molar-refractivity contribution >= 4 is 17.6 Å². The van der Waals surface area contributed by atoms with Gasteiger partial charge in [-0.15, -0.1) is 0 Å². The minimum Gasteiger partial charge on any atom is -0.488 e. The van der Waals surface area contributed by atoms with Crippen LogP contribution in [0.2, 0.25) is 5.02 Å². The second kappa shape index (κ2) is 5.54. The molecule has 0 amide bonds. The van der Waals surface area contributed by atoms with Crippen molar-refractivity contribution in [3.63, 3.8) is 0 Å². The third-order valence-corrected chi connectivity index (χ3v) is 3.02. The standard InChI is InChI=1S/C12H12ClFO4/c13-8-2-1-3-9(11(8)14)17-6-7-4-5-10(18-7)12(15)16/h1-3,7,10H,4-6H2,(H,15,16). The Bertz CT molecular complexity index is 452. The van der Waals surface area contributed by atoms with Gasteiger partial charge in [-0.25, -0.2) is 9.18 Å². The van der Waals surface area contributed by atoms with Gasteiger partial charge in [0.05, 0.1) is 11.1 Å². The number of carboxylic acids is 1. The average molecular weight is 275 g/mol. The summed E-state index contributed by atoms with van der Waals surface area (Å²) in [7, 11) is 0. The summed E-state index contributed by atoms with van der Waals surface area (Å²) in [6, 6.07) is 4.47. The van der Waals surface area contributed by atoms with Crippen molar-refractivity contribution in [2.75, 3.05) is 6.61 Å². The average Bonchev–Trinajstić information content (AvgIpc) is 2.80. The van der Waals surface area contributed by atoms with Crippen molar-refractivity contribution in [3.05, 3.63) is 29.0 Å². The maximum atomic E-state index is 13.5. The summed E-state index contributed by atoms with van der Waals surface area (Å²) in [5.41, 5.74) is 0. The molecule has 2 rings (SSSR count). The number of halogens is 2. The highest BCUT2D eigenvalue weighted by molar-refractivity contribution is 6.30. The highest BCUT2D eigenvalue weighted by Gasteiger charge is 2.30. The Kier molecular flexibility index (Phi) is 4.04. The summed E-state index contributed by atoms with van der Waals surface area (Å²) in [6.45, 7) is 0.112. The van der Waals surface area contributed by atoms with Crippen molar-refractivity contribution in [1.29, 1.82) is 0 Å². The van der Waals surface area contributed by atoms with Crippen LogP contribution in [0.4, 0.5) is 4.39 Å². The lowest BCUT2D eigenvalue weighted by molar-refractivity contribution is -0.149. The topological polar surface area (TPSA) is 55.8 Å². The second-order valence-corrected chi connectivity index (χ2v) is 4.43. The van der Waals surface area contributed by atoms with Crippen molar-refractivity contribution in [2.24, 2.45) is 0 Å². The summed E-state index contributed by atoms with van der Waals surface area (Å²) in [4.78, 5) is 10.7. The van der Waals surface area contributed by atoms with E-state index in [4.69, 9.17) is 26.2 Å². The summed E-state index contributed by atoms with van der Waals surface area (Å²) in [6.07, 6.45) is -0.0899. The van der Waals surface area contributed by atoms with Crippen molar-refractivity contribution < 1.29 is 23.8 Å². The SMILES string of the molecule is O=C(O)C1CCC(COc2cccc(Cl)c2F)O1. The molecule has 4 nitrogen and oxygen atoms in total. The van der Waals surface area contributed by atoms with Gasteiger partial charge in [0.1, 0.15) is 6.61 Å². The van der Waals surface area contributed by atoms with E-state index in [1.54, 1.807) is 6.07 Å². The van der Waals surface area contributed by atoms with Gasteiger partial charge in [0.25, 0.3) is 0 Å². The number of hydrogen-bond donors (Lipinski definition) is 1. The van der Waals surface area contributed by atoms with Gasteiger partial charge in [0.2, 0.25) is 0 Å². The third-order valence-electron chi connectivity index (χ3n) is 2.72. The first-order chi connectivity index (χ1) is 8.58. The molecule has 2 unspecified atom stereocenters. The number of ether oxygens (including phenoxy) is 2. The Morgan fingerprint density at radius 2 is 2.33 bits per heavy atom. The molecule has 0 aliphatic carbocycles. The number of aliphatic carboxylic acids is 1. The fourth-order valence-corrected chi connectivity index (χ4v) is 1.95. The highest BCUT2D eigenvalue weighted by Crippen LogP contribution is 2.26. The molecule has 1 aromatic carbocycles. The lowest BCUT2D eigenvalue weighted by Gasteiger charge is -2.13. The van der Waals surface area contributed by atoms with Crippen molar-refractivity contribution in [1.82, 2.24) is 0 Å². The number of carboxylic acid groups (broad SMARTS) is 1. The third kappa shape index (κ3) is 2.91. The molecule has 0 bridgehead atoms. The molecule has 2 atom stereocenters. The molecule has 1 heterocycles. The zero-order valence-corrected chi connectivity index (χ0v) is 10.2. The zero-order valence-electron chi connectivity index (χ0n) is 9.44. The molecule has 1 aliphatic heterocycles. The van der Waals surface area contributed by atoms with Crippen LogP contribution in [-0.2, 0) is 9.53 Å². The number of rotatable bonds is 4. The van der Waals surface area contributed by atoms with E-state index < -0.39 is 17.9 Å². The quantitative estimate of drug-likeness (QED) is 0.916. The molecule has 1 aromatic rings. The predicted molar refractivity (Wildman–Crippen MR) is 62.4 cm³/mol. The maximum Gasteiger partial charge on any atom is 0.332 e. The van der Waals surface area contributed by atoms with E-state index in [1.165, 1.54) is 12.1 Å². The smallest absolute Gasteiger partial charge is 0.332 e. The molecule has 1 N–H and O–H groups in total. The van der Waals surface area contributed by atoms with Crippen LogP contribution in [0.5, 0.6) is 5.75 Å². The minimum atomic E-state index is -0.980. The van der Waals surface area contributed by atoms with Crippen LogP contribution in [0.1, 0.15) is 12.8 Å². The first-order valence-electron chi connectivity index (χ1n) is 5.53. The van der Waals surface area contributed by atoms with Gasteiger partial charge in [0, 0.05) is 0 Å². The lowest BCUT2D eigenvalue weighted by Crippen LogP contribution is -2.23. The van der Waals surface area contributed by atoms with Crippen LogP contribution in [0.25, 0.3) is 0 Å². The monoisotopic (exact) mass is 274 g/mol. The fraction of sp³-hybridized carbons (Fsp3) is 0.417. The normalized spacial score (nSPS) is 23.0. The molecule has 0 spiro atoms. The van der Waals surface area contributed by atoms with Gasteiger partial charge in [-0.2, -0.15) is 0 Å². The largest absolute Gasteiger partial charge is 0.488 e. The van der Waals surface area contributed by atoms with Gasteiger partial charge in [-0.1, -0.05) is 17.7 Å². The van der Waals surface area contributed by atoms with Gasteiger partial charge in [-0.05, 0) is 25.0 Å². The summed E-state index contributed by atoms with van der Waals surface area (Å²) in [5, 5.41) is 8.74. The minimum absolute atomic E-state index is 0.0109. The first kappa shape index (κ1) is 13.1. The van der Waals surface area contributed by atoms with Crippen LogP contribution in [-0.4, -0.2) is 29.9 Å². The van der Waals surface area contributed by atoms with Crippen LogP contribution >= 0.6 is 11.6 Å². The molecule has 18 heavy (non-hydrogen) atoms. The molecular weight excluding hydrogens is 263 g/mol. The molecule has 98 valence electrons. The van der Waals surface area contributed by atoms with Crippen LogP contribution in [0.15, 0.2) is 18.2 Å². The predicted octanol–water partition coefficient (Wildman–Crippen LogP) is 2.49. The van der Waals surface area contributed by atoms with Crippen molar-refractivity contribution in [3.8, 4) is 5.75 Å². The van der Waals surface area contributed by atoms with Gasteiger partial charge in [-0.3, -0.25) is 0 Å². The van der Waals surface area contributed by atoms with E-state index in [-0.39, 0.29) is 23.5 Å². The van der Waals surface area contributed by atoms with Crippen molar-refractivity contribution in [2.45, 2.75) is 25.0 Å². The highest BCUT2D eigenvalue weighted by atomic mass is 35.5. The van der Waals surface area contributed by atoms with E-state index in [1.807, 2.05) is 0 Å². The Morgan fingerprint density at radius 3 is 3.00 bits per heavy atom. The van der Waals surface area contributed by atoms with E-state index in [2.05, 4.69) is 0 Å². The number of benzene rings is 1. The number of hydrogen-bond acceptors (Lipinski definition) is 3. The van der Waals surface area contributed by atoms with E-state index in [9.17, 15) is 9.18 Å². The summed E-state index contributed by atoms with van der Waals surface area (Å²) < 4.78 is 24.0. The van der Waals surface area contributed by atoms with Crippen LogP contribution in [0.3, 0.4) is 0 Å². The summed E-state index contributed by atoms with van der Waals surface area (Å²) in [5.74, 6) is -1.55. The molecule has 6 heteroatoms. The second-order valence-electron chi connectivity index (χ2n) is 4.03. The molecule has 1 fully saturated rings. The molecule has 0 aromatic heterocycles. The first-order valence-corrected chi connectivity index (χ1v) is 5.91. The van der Waals surface area contributed by atoms with E-state index in [0.717, 1.165) is 0 Å². The lowest BCUT2D eigenvalue weighted by atomic mass is 10.2. The Hall–Kier alpha value is -1.33. The Morgan fingerprint density at radius 1 is 1.56 bits per heavy atom. The van der Waals surface area contributed by atoms with Crippen LogP contribution in [0, 0.1) is 5.82 Å². The summed E-state index contributed by atoms with van der Waals surface area (Å²) >= 11 is 5.61.